The molecule has 5 saturated carbocycles. The zero-order valence-electron chi connectivity index (χ0n) is 13.3. The third-order valence-corrected chi connectivity index (χ3v) is 6.86. The topological polar surface area (TPSA) is 38.3 Å². The summed E-state index contributed by atoms with van der Waals surface area (Å²) in [6, 6.07) is 0.400. The van der Waals surface area contributed by atoms with E-state index in [2.05, 4.69) is 5.32 Å². The Balaban J connectivity index is 1.39. The van der Waals surface area contributed by atoms with E-state index in [4.69, 9.17) is 4.74 Å². The molecule has 5 rings (SSSR count). The van der Waals surface area contributed by atoms with E-state index in [1.807, 2.05) is 0 Å². The first kappa shape index (κ1) is 14.0. The first-order valence-electron chi connectivity index (χ1n) is 9.00. The molecule has 0 atom stereocenters. The molecule has 1 amide bonds. The largest absolute Gasteiger partial charge is 0.381 e. The molecule has 0 aromatic carbocycles. The van der Waals surface area contributed by atoms with Crippen molar-refractivity contribution in [1.29, 1.82) is 0 Å². The number of amides is 1. The molecule has 0 unspecified atom stereocenters. The molecule has 1 N–H and O–H groups in total. The van der Waals surface area contributed by atoms with Gasteiger partial charge in [0.1, 0.15) is 0 Å². The monoisotopic (exact) mass is 291 g/mol. The second kappa shape index (κ2) is 5.26. The van der Waals surface area contributed by atoms with E-state index < -0.39 is 0 Å². The molecule has 0 heterocycles. The Morgan fingerprint density at radius 1 is 0.952 bits per heavy atom. The van der Waals surface area contributed by atoms with E-state index in [-0.39, 0.29) is 5.41 Å². The second-order valence-corrected chi connectivity index (χ2v) is 8.38. The summed E-state index contributed by atoms with van der Waals surface area (Å²) in [6.07, 6.45) is 12.6. The van der Waals surface area contributed by atoms with Crippen molar-refractivity contribution < 1.29 is 9.53 Å². The van der Waals surface area contributed by atoms with E-state index in [0.717, 1.165) is 43.4 Å². The number of hydrogen-bond donors (Lipinski definition) is 1. The number of rotatable bonds is 3. The van der Waals surface area contributed by atoms with Crippen LogP contribution in [-0.4, -0.2) is 25.2 Å². The van der Waals surface area contributed by atoms with Crippen LogP contribution in [0.15, 0.2) is 0 Å². The fourth-order valence-electron chi connectivity index (χ4n) is 6.17. The lowest BCUT2D eigenvalue weighted by Crippen LogP contribution is -2.55. The molecule has 5 fully saturated rings. The van der Waals surface area contributed by atoms with Crippen molar-refractivity contribution in [3.05, 3.63) is 0 Å². The Hall–Kier alpha value is -0.570. The van der Waals surface area contributed by atoms with Gasteiger partial charge in [0.15, 0.2) is 0 Å². The SMILES string of the molecule is COC1CCC(NC(=O)C23CC4CC(CC(C4)C2)C3)CC1. The van der Waals surface area contributed by atoms with Crippen LogP contribution in [-0.2, 0) is 9.53 Å². The van der Waals surface area contributed by atoms with Gasteiger partial charge >= 0.3 is 0 Å². The molecular formula is C18H29NO2. The van der Waals surface area contributed by atoms with Crippen LogP contribution in [0.3, 0.4) is 0 Å². The number of carbonyl (C=O) groups excluding carboxylic acids is 1. The second-order valence-electron chi connectivity index (χ2n) is 8.38. The highest BCUT2D eigenvalue weighted by atomic mass is 16.5. The van der Waals surface area contributed by atoms with E-state index >= 15 is 0 Å². The molecule has 0 radical (unpaired) electrons. The molecule has 118 valence electrons. The Labute approximate surface area is 128 Å². The maximum absolute atomic E-state index is 13.0. The van der Waals surface area contributed by atoms with Crippen LogP contribution in [0, 0.1) is 23.2 Å². The normalized spacial score (nSPS) is 48.3. The average Bonchev–Trinajstić information content (AvgIpc) is 2.46. The smallest absolute Gasteiger partial charge is 0.226 e. The molecule has 21 heavy (non-hydrogen) atoms. The van der Waals surface area contributed by atoms with Gasteiger partial charge < -0.3 is 10.1 Å². The minimum absolute atomic E-state index is 0.0207. The van der Waals surface area contributed by atoms with Gasteiger partial charge in [0, 0.05) is 18.6 Å². The standard InChI is InChI=1S/C18H29NO2/c1-21-16-4-2-15(3-5-16)19-17(20)18-9-12-6-13(10-18)8-14(7-12)11-18/h12-16H,2-11H2,1H3,(H,19,20). The van der Waals surface area contributed by atoms with E-state index in [0.29, 0.717) is 18.1 Å². The Morgan fingerprint density at radius 2 is 1.48 bits per heavy atom. The van der Waals surface area contributed by atoms with Gasteiger partial charge in [-0.3, -0.25) is 4.79 Å². The lowest BCUT2D eigenvalue weighted by Gasteiger charge is -2.56. The summed E-state index contributed by atoms with van der Waals surface area (Å²) in [4.78, 5) is 13.0. The molecule has 0 aromatic rings. The number of hydrogen-bond acceptors (Lipinski definition) is 2. The Bertz CT molecular complexity index is 376. The van der Waals surface area contributed by atoms with Crippen LogP contribution in [0.2, 0.25) is 0 Å². The van der Waals surface area contributed by atoms with Crippen LogP contribution in [0.4, 0.5) is 0 Å². The van der Waals surface area contributed by atoms with Gasteiger partial charge in [0.25, 0.3) is 0 Å². The van der Waals surface area contributed by atoms with Gasteiger partial charge in [-0.05, 0) is 82.0 Å². The van der Waals surface area contributed by atoms with Crippen molar-refractivity contribution >= 4 is 5.91 Å². The molecule has 3 heteroatoms. The highest BCUT2D eigenvalue weighted by molar-refractivity contribution is 5.83. The summed E-state index contributed by atoms with van der Waals surface area (Å²) in [7, 11) is 1.80. The molecule has 0 aliphatic heterocycles. The van der Waals surface area contributed by atoms with Crippen LogP contribution < -0.4 is 5.32 Å². The van der Waals surface area contributed by atoms with Crippen LogP contribution in [0.1, 0.15) is 64.2 Å². The third kappa shape index (κ3) is 2.52. The predicted molar refractivity (Wildman–Crippen MR) is 81.8 cm³/mol. The third-order valence-electron chi connectivity index (χ3n) is 6.86. The van der Waals surface area contributed by atoms with Crippen molar-refractivity contribution in [2.75, 3.05) is 7.11 Å². The predicted octanol–water partition coefficient (Wildman–Crippen LogP) is 3.28. The molecular weight excluding hydrogens is 262 g/mol. The van der Waals surface area contributed by atoms with Crippen molar-refractivity contribution in [1.82, 2.24) is 5.32 Å². The van der Waals surface area contributed by atoms with Gasteiger partial charge in [-0.25, -0.2) is 0 Å². The fraction of sp³-hybridized carbons (Fsp3) is 0.944. The van der Waals surface area contributed by atoms with Gasteiger partial charge in [-0.1, -0.05) is 0 Å². The minimum Gasteiger partial charge on any atom is -0.381 e. The number of nitrogens with one attached hydrogen (secondary N) is 1. The summed E-state index contributed by atoms with van der Waals surface area (Å²) in [5, 5.41) is 3.43. The quantitative estimate of drug-likeness (QED) is 0.866. The lowest BCUT2D eigenvalue weighted by molar-refractivity contribution is -0.147. The van der Waals surface area contributed by atoms with Gasteiger partial charge in [-0.15, -0.1) is 0 Å². The molecule has 0 spiro atoms. The minimum atomic E-state index is 0.0207. The summed E-state index contributed by atoms with van der Waals surface area (Å²) in [6.45, 7) is 0. The maximum Gasteiger partial charge on any atom is 0.226 e. The number of methoxy groups -OCH3 is 1. The first-order valence-corrected chi connectivity index (χ1v) is 9.00. The first-order chi connectivity index (χ1) is 10.2. The molecule has 3 nitrogen and oxygen atoms in total. The van der Waals surface area contributed by atoms with Crippen molar-refractivity contribution in [3.63, 3.8) is 0 Å². The zero-order chi connectivity index (χ0) is 14.4. The van der Waals surface area contributed by atoms with Crippen LogP contribution in [0.25, 0.3) is 0 Å². The summed E-state index contributed by atoms with van der Waals surface area (Å²) in [5.41, 5.74) is 0.0207. The summed E-state index contributed by atoms with van der Waals surface area (Å²) in [5.74, 6) is 2.96. The van der Waals surface area contributed by atoms with Crippen molar-refractivity contribution in [2.45, 2.75) is 76.4 Å². The zero-order valence-corrected chi connectivity index (χ0v) is 13.3. The average molecular weight is 291 g/mol. The Kier molecular flexibility index (Phi) is 3.52. The molecule has 0 saturated heterocycles. The Morgan fingerprint density at radius 3 is 1.95 bits per heavy atom. The van der Waals surface area contributed by atoms with E-state index in [1.165, 1.54) is 38.5 Å². The number of carbonyl (C=O) groups is 1. The molecule has 4 bridgehead atoms. The van der Waals surface area contributed by atoms with Crippen molar-refractivity contribution in [2.24, 2.45) is 23.2 Å². The van der Waals surface area contributed by atoms with Crippen LogP contribution in [0.5, 0.6) is 0 Å². The van der Waals surface area contributed by atoms with Crippen LogP contribution >= 0.6 is 0 Å². The van der Waals surface area contributed by atoms with E-state index in [9.17, 15) is 4.79 Å². The summed E-state index contributed by atoms with van der Waals surface area (Å²) >= 11 is 0. The number of ether oxygens (including phenoxy) is 1. The van der Waals surface area contributed by atoms with Crippen molar-refractivity contribution in [3.8, 4) is 0 Å². The molecule has 0 aromatic heterocycles. The highest BCUT2D eigenvalue weighted by Gasteiger charge is 2.54. The highest BCUT2D eigenvalue weighted by Crippen LogP contribution is 2.60. The molecule has 5 aliphatic rings. The fourth-order valence-corrected chi connectivity index (χ4v) is 6.17. The van der Waals surface area contributed by atoms with Gasteiger partial charge in [0.05, 0.1) is 6.10 Å². The van der Waals surface area contributed by atoms with E-state index in [1.54, 1.807) is 7.11 Å². The van der Waals surface area contributed by atoms with Gasteiger partial charge in [0.2, 0.25) is 5.91 Å². The van der Waals surface area contributed by atoms with Gasteiger partial charge in [-0.2, -0.15) is 0 Å². The molecule has 5 aliphatic carbocycles. The maximum atomic E-state index is 13.0. The lowest BCUT2D eigenvalue weighted by atomic mass is 9.49. The summed E-state index contributed by atoms with van der Waals surface area (Å²) < 4.78 is 5.43.